The smallest absolute Gasteiger partial charge is 0.410 e. The number of ether oxygens (including phenoxy) is 1. The van der Waals surface area contributed by atoms with Crippen LogP contribution in [0.3, 0.4) is 0 Å². The summed E-state index contributed by atoms with van der Waals surface area (Å²) in [5, 5.41) is 0. The highest BCUT2D eigenvalue weighted by atomic mass is 16.6. The van der Waals surface area contributed by atoms with Gasteiger partial charge in [-0.3, -0.25) is 4.79 Å². The van der Waals surface area contributed by atoms with Crippen LogP contribution >= 0.6 is 0 Å². The normalized spacial score (nSPS) is 27.5. The van der Waals surface area contributed by atoms with E-state index < -0.39 is 5.60 Å². The number of nitrogens with zero attached hydrogens (tertiary/aromatic N) is 2. The number of likely N-dealkylation sites (tertiary alicyclic amines) is 2. The number of amides is 2. The molecule has 108 valence electrons. The molecule has 2 aliphatic heterocycles. The van der Waals surface area contributed by atoms with Gasteiger partial charge in [-0.05, 0) is 39.5 Å². The van der Waals surface area contributed by atoms with Crippen LogP contribution in [0.4, 0.5) is 4.79 Å². The number of hydrogen-bond donors (Lipinski definition) is 0. The van der Waals surface area contributed by atoms with Crippen LogP contribution in [0, 0.1) is 11.8 Å². The molecular formula is C14H24N2O3. The summed E-state index contributed by atoms with van der Waals surface area (Å²) in [6, 6.07) is 0. The number of hydrogen-bond acceptors (Lipinski definition) is 3. The molecule has 0 aromatic heterocycles. The second-order valence-electron chi connectivity index (χ2n) is 6.54. The summed E-state index contributed by atoms with van der Waals surface area (Å²) in [6.45, 7) is 10.5. The lowest BCUT2D eigenvalue weighted by atomic mass is 9.88. The monoisotopic (exact) mass is 268 g/mol. The fraction of sp³-hybridized carbons (Fsp3) is 0.857. The maximum absolute atomic E-state index is 12.0. The van der Waals surface area contributed by atoms with Gasteiger partial charge in [-0.2, -0.15) is 0 Å². The second-order valence-corrected chi connectivity index (χ2v) is 6.54. The van der Waals surface area contributed by atoms with Crippen LogP contribution in [0.5, 0.6) is 0 Å². The molecule has 5 heteroatoms. The van der Waals surface area contributed by atoms with Gasteiger partial charge in [0.1, 0.15) is 5.60 Å². The van der Waals surface area contributed by atoms with E-state index in [9.17, 15) is 9.59 Å². The Morgan fingerprint density at radius 3 is 2.47 bits per heavy atom. The van der Waals surface area contributed by atoms with Crippen molar-refractivity contribution in [2.24, 2.45) is 11.8 Å². The van der Waals surface area contributed by atoms with E-state index in [4.69, 9.17) is 4.74 Å². The molecule has 0 aromatic carbocycles. The van der Waals surface area contributed by atoms with Gasteiger partial charge in [0.15, 0.2) is 0 Å². The van der Waals surface area contributed by atoms with Gasteiger partial charge < -0.3 is 14.5 Å². The van der Waals surface area contributed by atoms with Crippen molar-refractivity contribution in [3.05, 3.63) is 0 Å². The molecule has 2 fully saturated rings. The zero-order chi connectivity index (χ0) is 14.2. The summed E-state index contributed by atoms with van der Waals surface area (Å²) in [7, 11) is 0. The average molecular weight is 268 g/mol. The van der Waals surface area contributed by atoms with E-state index in [1.54, 1.807) is 4.90 Å². The Bertz CT molecular complexity index is 375. The second kappa shape index (κ2) is 5.02. The minimum absolute atomic E-state index is 0.217. The van der Waals surface area contributed by atoms with Gasteiger partial charge in [-0.1, -0.05) is 0 Å². The zero-order valence-electron chi connectivity index (χ0n) is 12.3. The predicted molar refractivity (Wildman–Crippen MR) is 71.7 cm³/mol. The van der Waals surface area contributed by atoms with Gasteiger partial charge in [-0.25, -0.2) is 4.79 Å². The summed E-state index contributed by atoms with van der Waals surface area (Å²) in [4.78, 5) is 27.6. The number of carbonyl (C=O) groups excluding carboxylic acids is 2. The molecule has 0 bridgehead atoms. The minimum atomic E-state index is -0.462. The summed E-state index contributed by atoms with van der Waals surface area (Å²) in [5.41, 5.74) is -0.462. The number of piperidine rings is 1. The third kappa shape index (κ3) is 3.19. The molecule has 2 heterocycles. The highest BCUT2D eigenvalue weighted by Crippen LogP contribution is 2.32. The van der Waals surface area contributed by atoms with Gasteiger partial charge in [0, 0.05) is 32.6 Å². The van der Waals surface area contributed by atoms with Gasteiger partial charge in [0.05, 0.1) is 0 Å². The van der Waals surface area contributed by atoms with Crippen molar-refractivity contribution in [3.63, 3.8) is 0 Å². The molecule has 2 amide bonds. The van der Waals surface area contributed by atoms with E-state index in [0.29, 0.717) is 31.3 Å². The fourth-order valence-corrected chi connectivity index (χ4v) is 2.90. The predicted octanol–water partition coefficient (Wildman–Crippen LogP) is 1.72. The molecule has 5 nitrogen and oxygen atoms in total. The lowest BCUT2D eigenvalue weighted by Gasteiger charge is -2.33. The molecular weight excluding hydrogens is 244 g/mol. The number of rotatable bonds is 1. The van der Waals surface area contributed by atoms with Gasteiger partial charge in [-0.15, -0.1) is 0 Å². The van der Waals surface area contributed by atoms with Crippen molar-refractivity contribution in [2.75, 3.05) is 26.2 Å². The summed E-state index contributed by atoms with van der Waals surface area (Å²) in [6.07, 6.45) is 0.315. The maximum atomic E-state index is 12.0. The first-order valence-corrected chi connectivity index (χ1v) is 7.06. The minimum Gasteiger partial charge on any atom is -0.444 e. The Morgan fingerprint density at radius 2 is 1.89 bits per heavy atom. The topological polar surface area (TPSA) is 49.9 Å². The molecule has 2 rings (SSSR count). The van der Waals surface area contributed by atoms with Crippen LogP contribution in [0.2, 0.25) is 0 Å². The van der Waals surface area contributed by atoms with Crippen molar-refractivity contribution in [1.29, 1.82) is 0 Å². The van der Waals surface area contributed by atoms with Crippen LogP contribution in [-0.2, 0) is 9.53 Å². The first-order chi connectivity index (χ1) is 8.80. The SMILES string of the molecule is CCN1C[C@H]2CN(C(=O)OC(C)(C)C)C[C@@H]2CC1=O. The van der Waals surface area contributed by atoms with Crippen LogP contribution in [0.1, 0.15) is 34.1 Å². The number of carbonyl (C=O) groups is 2. The summed E-state index contributed by atoms with van der Waals surface area (Å²) >= 11 is 0. The molecule has 0 radical (unpaired) electrons. The Hall–Kier alpha value is -1.26. The van der Waals surface area contributed by atoms with E-state index in [-0.39, 0.29) is 12.0 Å². The fourth-order valence-electron chi connectivity index (χ4n) is 2.90. The first-order valence-electron chi connectivity index (χ1n) is 7.06. The Morgan fingerprint density at radius 1 is 1.26 bits per heavy atom. The molecule has 0 unspecified atom stereocenters. The third-order valence-corrected chi connectivity index (χ3v) is 3.85. The lowest BCUT2D eigenvalue weighted by molar-refractivity contribution is -0.135. The third-order valence-electron chi connectivity index (χ3n) is 3.85. The van der Waals surface area contributed by atoms with E-state index in [1.807, 2.05) is 32.6 Å². The standard InChI is InChI=1S/C14H24N2O3/c1-5-15-8-11-9-16(7-10(11)6-12(15)17)13(18)19-14(2,3)4/h10-11H,5-9H2,1-4H3/t10-,11-/m0/s1. The summed E-state index contributed by atoms with van der Waals surface area (Å²) < 4.78 is 5.40. The largest absolute Gasteiger partial charge is 0.444 e. The molecule has 19 heavy (non-hydrogen) atoms. The molecule has 2 atom stereocenters. The first kappa shape index (κ1) is 14.2. The van der Waals surface area contributed by atoms with Crippen LogP contribution in [-0.4, -0.2) is 53.6 Å². The van der Waals surface area contributed by atoms with Crippen molar-refractivity contribution in [1.82, 2.24) is 9.80 Å². The Balaban J connectivity index is 1.96. The van der Waals surface area contributed by atoms with E-state index in [0.717, 1.165) is 13.1 Å². The quantitative estimate of drug-likeness (QED) is 0.727. The zero-order valence-corrected chi connectivity index (χ0v) is 12.3. The molecule has 0 aromatic rings. The molecule has 0 aliphatic carbocycles. The maximum Gasteiger partial charge on any atom is 0.410 e. The molecule has 0 saturated carbocycles. The molecule has 0 N–H and O–H groups in total. The van der Waals surface area contributed by atoms with Crippen LogP contribution < -0.4 is 0 Å². The lowest BCUT2D eigenvalue weighted by Crippen LogP contribution is -2.43. The highest BCUT2D eigenvalue weighted by Gasteiger charge is 2.42. The van der Waals surface area contributed by atoms with E-state index in [2.05, 4.69) is 0 Å². The van der Waals surface area contributed by atoms with Crippen LogP contribution in [0.25, 0.3) is 0 Å². The highest BCUT2D eigenvalue weighted by molar-refractivity contribution is 5.78. The molecule has 2 aliphatic rings. The summed E-state index contributed by atoms with van der Waals surface area (Å²) in [5.74, 6) is 0.933. The average Bonchev–Trinajstić information content (AvgIpc) is 2.68. The van der Waals surface area contributed by atoms with Gasteiger partial charge in [0.25, 0.3) is 0 Å². The molecule has 2 saturated heterocycles. The number of fused-ring (bicyclic) bond motifs is 1. The van der Waals surface area contributed by atoms with Crippen molar-refractivity contribution < 1.29 is 14.3 Å². The van der Waals surface area contributed by atoms with Crippen LogP contribution in [0.15, 0.2) is 0 Å². The van der Waals surface area contributed by atoms with Crippen molar-refractivity contribution in [2.45, 2.75) is 39.7 Å². The van der Waals surface area contributed by atoms with Crippen molar-refractivity contribution >= 4 is 12.0 Å². The van der Waals surface area contributed by atoms with Gasteiger partial charge in [0.2, 0.25) is 5.91 Å². The van der Waals surface area contributed by atoms with Gasteiger partial charge >= 0.3 is 6.09 Å². The Kier molecular flexibility index (Phi) is 3.74. The molecule has 0 spiro atoms. The van der Waals surface area contributed by atoms with Crippen molar-refractivity contribution in [3.8, 4) is 0 Å². The Labute approximate surface area is 114 Å². The van der Waals surface area contributed by atoms with E-state index >= 15 is 0 Å². The van der Waals surface area contributed by atoms with E-state index in [1.165, 1.54) is 0 Å².